The number of carbonyl (C=O) groups excluding carboxylic acids is 1. The Kier molecular flexibility index (Phi) is 5.22. The number of benzene rings is 2. The molecule has 2 aromatic carbocycles. The predicted octanol–water partition coefficient (Wildman–Crippen LogP) is 2.93. The molecule has 0 spiro atoms. The molecule has 0 saturated heterocycles. The lowest BCUT2D eigenvalue weighted by molar-refractivity contribution is -0.122. The van der Waals surface area contributed by atoms with Crippen LogP contribution in [0.2, 0.25) is 0 Å². The van der Waals surface area contributed by atoms with Gasteiger partial charge in [0.25, 0.3) is 5.56 Å². The van der Waals surface area contributed by atoms with Gasteiger partial charge in [0.05, 0.1) is 11.7 Å². The maximum atomic E-state index is 13.1. The van der Waals surface area contributed by atoms with Crippen molar-refractivity contribution < 1.29 is 9.18 Å². The van der Waals surface area contributed by atoms with Crippen LogP contribution >= 0.6 is 0 Å². The minimum atomic E-state index is -0.377. The predicted molar refractivity (Wildman–Crippen MR) is 96.9 cm³/mol. The molecule has 0 radical (unpaired) electrons. The third kappa shape index (κ3) is 4.22. The molecule has 26 heavy (non-hydrogen) atoms. The van der Waals surface area contributed by atoms with Crippen LogP contribution in [0.3, 0.4) is 0 Å². The van der Waals surface area contributed by atoms with E-state index >= 15 is 0 Å². The summed E-state index contributed by atoms with van der Waals surface area (Å²) in [5, 5.41) is 7.06. The van der Waals surface area contributed by atoms with Crippen LogP contribution in [0.5, 0.6) is 0 Å². The summed E-state index contributed by atoms with van der Waals surface area (Å²) in [5.74, 6) is -0.663. The molecule has 1 amide bonds. The van der Waals surface area contributed by atoms with Crippen LogP contribution in [0, 0.1) is 5.82 Å². The Labute approximate surface area is 150 Å². The molecule has 3 aromatic rings. The van der Waals surface area contributed by atoms with Crippen LogP contribution < -0.4 is 10.9 Å². The van der Waals surface area contributed by atoms with Crippen molar-refractivity contribution in [3.63, 3.8) is 0 Å². The normalized spacial score (nSPS) is 11.8. The molecular weight excluding hydrogens is 333 g/mol. The number of nitrogens with zero attached hydrogens (tertiary/aromatic N) is 2. The molecule has 0 aliphatic heterocycles. The summed E-state index contributed by atoms with van der Waals surface area (Å²) < 4.78 is 14.2. The van der Waals surface area contributed by atoms with Gasteiger partial charge in [0, 0.05) is 11.6 Å². The molecule has 0 saturated carbocycles. The molecule has 6 heteroatoms. The van der Waals surface area contributed by atoms with Gasteiger partial charge in [-0.25, -0.2) is 9.07 Å². The number of rotatable bonds is 5. The van der Waals surface area contributed by atoms with Crippen molar-refractivity contribution in [1.82, 2.24) is 15.1 Å². The Morgan fingerprint density at radius 2 is 1.77 bits per heavy atom. The lowest BCUT2D eigenvalue weighted by Crippen LogP contribution is -2.34. The quantitative estimate of drug-likeness (QED) is 0.769. The third-order valence-electron chi connectivity index (χ3n) is 3.98. The van der Waals surface area contributed by atoms with E-state index in [-0.39, 0.29) is 29.9 Å². The van der Waals surface area contributed by atoms with Crippen LogP contribution in [0.15, 0.2) is 71.5 Å². The number of hydrogen-bond acceptors (Lipinski definition) is 3. The van der Waals surface area contributed by atoms with Gasteiger partial charge in [-0.2, -0.15) is 5.10 Å². The number of nitrogens with one attached hydrogen (secondary N) is 1. The summed E-state index contributed by atoms with van der Waals surface area (Å²) >= 11 is 0. The standard InChI is InChI=1S/C20H18FN3O2/c1-14(15-5-3-2-4-6-15)22-19(25)13-24-20(26)12-11-18(23-24)16-7-9-17(21)10-8-16/h2-12,14H,13H2,1H3,(H,22,25). The van der Waals surface area contributed by atoms with Crippen molar-refractivity contribution in [2.24, 2.45) is 0 Å². The summed E-state index contributed by atoms with van der Waals surface area (Å²) in [6.45, 7) is 1.68. The summed E-state index contributed by atoms with van der Waals surface area (Å²) in [5.41, 5.74) is 1.76. The zero-order valence-electron chi connectivity index (χ0n) is 14.2. The highest BCUT2D eigenvalue weighted by Crippen LogP contribution is 2.15. The van der Waals surface area contributed by atoms with Crippen LogP contribution in [0.4, 0.5) is 4.39 Å². The number of carbonyl (C=O) groups is 1. The molecule has 3 rings (SSSR count). The van der Waals surface area contributed by atoms with Gasteiger partial charge < -0.3 is 5.32 Å². The van der Waals surface area contributed by atoms with Gasteiger partial charge in [0.15, 0.2) is 0 Å². The molecule has 1 heterocycles. The molecule has 132 valence electrons. The lowest BCUT2D eigenvalue weighted by atomic mass is 10.1. The van der Waals surface area contributed by atoms with Gasteiger partial charge in [-0.3, -0.25) is 9.59 Å². The second kappa shape index (κ2) is 7.74. The van der Waals surface area contributed by atoms with Crippen LogP contribution in [0.1, 0.15) is 18.5 Å². The second-order valence-corrected chi connectivity index (χ2v) is 5.92. The Bertz CT molecular complexity index is 953. The SMILES string of the molecule is CC(NC(=O)Cn1nc(-c2ccc(F)cc2)ccc1=O)c1ccccc1. The largest absolute Gasteiger partial charge is 0.348 e. The Balaban J connectivity index is 1.74. The number of amides is 1. The average Bonchev–Trinajstić information content (AvgIpc) is 2.65. The smallest absolute Gasteiger partial charge is 0.267 e. The molecular formula is C20H18FN3O2. The van der Waals surface area contributed by atoms with Crippen molar-refractivity contribution in [3.05, 3.63) is 88.5 Å². The fraction of sp³-hybridized carbons (Fsp3) is 0.150. The van der Waals surface area contributed by atoms with E-state index in [9.17, 15) is 14.0 Å². The number of hydrogen-bond donors (Lipinski definition) is 1. The van der Waals surface area contributed by atoms with Gasteiger partial charge >= 0.3 is 0 Å². The van der Waals surface area contributed by atoms with Crippen molar-refractivity contribution >= 4 is 5.91 Å². The molecule has 0 aliphatic carbocycles. The molecule has 0 aliphatic rings. The van der Waals surface area contributed by atoms with E-state index in [1.165, 1.54) is 18.2 Å². The molecule has 0 bridgehead atoms. The number of halogens is 1. The Morgan fingerprint density at radius 3 is 2.46 bits per heavy atom. The van der Waals surface area contributed by atoms with E-state index in [0.29, 0.717) is 11.3 Å². The Hall–Kier alpha value is -3.28. The highest BCUT2D eigenvalue weighted by molar-refractivity contribution is 5.76. The zero-order valence-corrected chi connectivity index (χ0v) is 14.2. The van der Waals surface area contributed by atoms with E-state index in [4.69, 9.17) is 0 Å². The average molecular weight is 351 g/mol. The van der Waals surface area contributed by atoms with E-state index in [1.807, 2.05) is 37.3 Å². The van der Waals surface area contributed by atoms with Crippen LogP contribution in [-0.4, -0.2) is 15.7 Å². The van der Waals surface area contributed by atoms with Gasteiger partial charge in [0.1, 0.15) is 12.4 Å². The summed E-state index contributed by atoms with van der Waals surface area (Å²) in [7, 11) is 0. The molecule has 1 aromatic heterocycles. The molecule has 1 atom stereocenters. The van der Waals surface area contributed by atoms with Crippen molar-refractivity contribution in [2.45, 2.75) is 19.5 Å². The highest BCUT2D eigenvalue weighted by Gasteiger charge is 2.12. The summed E-state index contributed by atoms with van der Waals surface area (Å²) in [6.07, 6.45) is 0. The molecule has 1 N–H and O–H groups in total. The summed E-state index contributed by atoms with van der Waals surface area (Å²) in [6, 6.07) is 18.1. The van der Waals surface area contributed by atoms with Gasteiger partial charge in [-0.1, -0.05) is 30.3 Å². The van der Waals surface area contributed by atoms with Crippen molar-refractivity contribution in [3.8, 4) is 11.3 Å². The minimum Gasteiger partial charge on any atom is -0.348 e. The first-order valence-electron chi connectivity index (χ1n) is 8.21. The van der Waals surface area contributed by atoms with E-state index < -0.39 is 0 Å². The van der Waals surface area contributed by atoms with Gasteiger partial charge in [0.2, 0.25) is 5.91 Å². The van der Waals surface area contributed by atoms with E-state index in [0.717, 1.165) is 10.2 Å². The maximum absolute atomic E-state index is 13.1. The second-order valence-electron chi connectivity index (χ2n) is 5.92. The van der Waals surface area contributed by atoms with E-state index in [2.05, 4.69) is 10.4 Å². The highest BCUT2D eigenvalue weighted by atomic mass is 19.1. The number of aromatic nitrogens is 2. The first kappa shape index (κ1) is 17.5. The Morgan fingerprint density at radius 1 is 1.08 bits per heavy atom. The van der Waals surface area contributed by atoms with Crippen molar-refractivity contribution in [2.75, 3.05) is 0 Å². The van der Waals surface area contributed by atoms with Gasteiger partial charge in [-0.05, 0) is 42.8 Å². The fourth-order valence-electron chi connectivity index (χ4n) is 2.59. The van der Waals surface area contributed by atoms with Crippen molar-refractivity contribution in [1.29, 1.82) is 0 Å². The maximum Gasteiger partial charge on any atom is 0.267 e. The minimum absolute atomic E-state index is 0.181. The van der Waals surface area contributed by atoms with Crippen LogP contribution in [0.25, 0.3) is 11.3 Å². The first-order valence-corrected chi connectivity index (χ1v) is 8.21. The topological polar surface area (TPSA) is 64.0 Å². The zero-order chi connectivity index (χ0) is 18.5. The lowest BCUT2D eigenvalue weighted by Gasteiger charge is -2.14. The molecule has 5 nitrogen and oxygen atoms in total. The third-order valence-corrected chi connectivity index (χ3v) is 3.98. The molecule has 0 fully saturated rings. The van der Waals surface area contributed by atoms with E-state index in [1.54, 1.807) is 18.2 Å². The van der Waals surface area contributed by atoms with Crippen LogP contribution in [-0.2, 0) is 11.3 Å². The summed E-state index contributed by atoms with van der Waals surface area (Å²) in [4.78, 5) is 24.3. The molecule has 1 unspecified atom stereocenters. The fourth-order valence-corrected chi connectivity index (χ4v) is 2.59. The van der Waals surface area contributed by atoms with Gasteiger partial charge in [-0.15, -0.1) is 0 Å². The first-order chi connectivity index (χ1) is 12.5. The monoisotopic (exact) mass is 351 g/mol.